The topological polar surface area (TPSA) is 42.9 Å². The number of hydrogen-bond acceptors (Lipinski definition) is 5. The standard InChI is InChI=1S/C20H22N2OS2/c1-4-14-6-8-15(9-7-14)17-16(5-2)25-20-18(17)19(21-12-22-20)24-11-10-13(3)23/h6-9,12H,4-5,10-11H2,1-3H3. The molecule has 0 aliphatic carbocycles. The summed E-state index contributed by atoms with van der Waals surface area (Å²) in [7, 11) is 0. The number of thiophene rings is 1. The lowest BCUT2D eigenvalue weighted by Gasteiger charge is -2.07. The Labute approximate surface area is 156 Å². The number of carbonyl (C=O) groups excluding carboxylic acids is 1. The van der Waals surface area contributed by atoms with Gasteiger partial charge in [0.25, 0.3) is 0 Å². The Bertz CT molecular complexity index is 885. The van der Waals surface area contributed by atoms with Crippen molar-refractivity contribution in [1.29, 1.82) is 0 Å². The van der Waals surface area contributed by atoms with E-state index in [-0.39, 0.29) is 5.78 Å². The fourth-order valence-corrected chi connectivity index (χ4v) is 5.03. The molecule has 2 aromatic heterocycles. The van der Waals surface area contributed by atoms with Crippen LogP contribution < -0.4 is 0 Å². The van der Waals surface area contributed by atoms with Gasteiger partial charge in [-0.05, 0) is 30.9 Å². The molecule has 130 valence electrons. The first-order valence-electron chi connectivity index (χ1n) is 8.62. The minimum Gasteiger partial charge on any atom is -0.300 e. The highest BCUT2D eigenvalue weighted by Crippen LogP contribution is 2.42. The first-order chi connectivity index (χ1) is 12.1. The van der Waals surface area contributed by atoms with Gasteiger partial charge in [-0.2, -0.15) is 0 Å². The maximum Gasteiger partial charge on any atom is 0.130 e. The van der Waals surface area contributed by atoms with Crippen molar-refractivity contribution in [2.24, 2.45) is 0 Å². The third kappa shape index (κ3) is 3.93. The maximum atomic E-state index is 11.3. The van der Waals surface area contributed by atoms with Crippen LogP contribution in [0.3, 0.4) is 0 Å². The predicted molar refractivity (Wildman–Crippen MR) is 108 cm³/mol. The van der Waals surface area contributed by atoms with Crippen molar-refractivity contribution >= 4 is 39.1 Å². The summed E-state index contributed by atoms with van der Waals surface area (Å²) in [5.74, 6) is 0.972. The second kappa shape index (κ2) is 8.11. The van der Waals surface area contributed by atoms with Crippen LogP contribution in [0.15, 0.2) is 35.6 Å². The SMILES string of the molecule is CCc1ccc(-c2c(CC)sc3ncnc(SCCC(C)=O)c23)cc1. The molecule has 0 saturated heterocycles. The molecule has 0 bridgehead atoms. The van der Waals surface area contributed by atoms with Gasteiger partial charge in [0.05, 0.1) is 5.39 Å². The predicted octanol–water partition coefficient (Wildman–Crippen LogP) is 5.55. The molecule has 0 aliphatic heterocycles. The molecule has 1 aromatic carbocycles. The van der Waals surface area contributed by atoms with Gasteiger partial charge in [-0.25, -0.2) is 9.97 Å². The van der Waals surface area contributed by atoms with Crippen LogP contribution in [-0.2, 0) is 17.6 Å². The molecule has 5 heteroatoms. The van der Waals surface area contributed by atoms with Crippen LogP contribution in [0.25, 0.3) is 21.3 Å². The van der Waals surface area contributed by atoms with Gasteiger partial charge in [-0.1, -0.05) is 38.1 Å². The number of aromatic nitrogens is 2. The Hall–Kier alpha value is -1.72. The van der Waals surface area contributed by atoms with Crippen molar-refractivity contribution in [3.05, 3.63) is 41.0 Å². The zero-order chi connectivity index (χ0) is 17.8. The van der Waals surface area contributed by atoms with E-state index in [0.717, 1.165) is 33.8 Å². The van der Waals surface area contributed by atoms with Crippen molar-refractivity contribution < 1.29 is 4.79 Å². The van der Waals surface area contributed by atoms with Crippen LogP contribution in [-0.4, -0.2) is 21.5 Å². The van der Waals surface area contributed by atoms with E-state index in [1.165, 1.54) is 21.6 Å². The smallest absolute Gasteiger partial charge is 0.130 e. The molecule has 25 heavy (non-hydrogen) atoms. The average Bonchev–Trinajstić information content (AvgIpc) is 3.01. The molecular formula is C20H22N2OS2. The summed E-state index contributed by atoms with van der Waals surface area (Å²) in [5.41, 5.74) is 3.83. The minimum absolute atomic E-state index is 0.216. The quantitative estimate of drug-likeness (QED) is 0.404. The second-order valence-electron chi connectivity index (χ2n) is 5.96. The van der Waals surface area contributed by atoms with E-state index in [1.807, 2.05) is 0 Å². The van der Waals surface area contributed by atoms with Crippen molar-refractivity contribution in [3.8, 4) is 11.1 Å². The van der Waals surface area contributed by atoms with Gasteiger partial charge < -0.3 is 0 Å². The summed E-state index contributed by atoms with van der Waals surface area (Å²) in [6.07, 6.45) is 4.23. The molecule has 0 fully saturated rings. The van der Waals surface area contributed by atoms with Gasteiger partial charge in [0, 0.05) is 22.6 Å². The number of benzene rings is 1. The van der Waals surface area contributed by atoms with E-state index < -0.39 is 0 Å². The van der Waals surface area contributed by atoms with Gasteiger partial charge in [0.15, 0.2) is 0 Å². The van der Waals surface area contributed by atoms with Crippen LogP contribution in [0.1, 0.15) is 37.6 Å². The van der Waals surface area contributed by atoms with Crippen LogP contribution in [0.5, 0.6) is 0 Å². The first kappa shape index (κ1) is 18.1. The van der Waals surface area contributed by atoms with Gasteiger partial charge in [-0.3, -0.25) is 4.79 Å². The lowest BCUT2D eigenvalue weighted by molar-refractivity contribution is -0.116. The highest BCUT2D eigenvalue weighted by Gasteiger charge is 2.18. The van der Waals surface area contributed by atoms with Crippen molar-refractivity contribution in [2.75, 3.05) is 5.75 Å². The van der Waals surface area contributed by atoms with Crippen LogP contribution >= 0.6 is 23.1 Å². The summed E-state index contributed by atoms with van der Waals surface area (Å²) >= 11 is 3.40. The fraction of sp³-hybridized carbons (Fsp3) is 0.350. The van der Waals surface area contributed by atoms with E-state index in [9.17, 15) is 4.79 Å². The summed E-state index contributed by atoms with van der Waals surface area (Å²) in [6, 6.07) is 8.81. The molecule has 0 aliphatic rings. The molecule has 2 heterocycles. The van der Waals surface area contributed by atoms with Crippen LogP contribution in [0, 0.1) is 0 Å². The largest absolute Gasteiger partial charge is 0.300 e. The van der Waals surface area contributed by atoms with E-state index in [1.54, 1.807) is 36.3 Å². The van der Waals surface area contributed by atoms with Crippen molar-refractivity contribution in [2.45, 2.75) is 45.1 Å². The molecule has 0 spiro atoms. The van der Waals surface area contributed by atoms with Gasteiger partial charge in [-0.15, -0.1) is 23.1 Å². The zero-order valence-corrected chi connectivity index (χ0v) is 16.5. The van der Waals surface area contributed by atoms with Gasteiger partial charge >= 0.3 is 0 Å². The summed E-state index contributed by atoms with van der Waals surface area (Å²) in [4.78, 5) is 22.6. The van der Waals surface area contributed by atoms with E-state index in [0.29, 0.717) is 6.42 Å². The van der Waals surface area contributed by atoms with Crippen LogP contribution in [0.4, 0.5) is 0 Å². The molecule has 3 rings (SSSR count). The van der Waals surface area contributed by atoms with Gasteiger partial charge in [0.2, 0.25) is 0 Å². The Morgan fingerprint density at radius 3 is 2.52 bits per heavy atom. The summed E-state index contributed by atoms with van der Waals surface area (Å²) < 4.78 is 0. The number of ketones is 1. The normalized spacial score (nSPS) is 11.2. The number of nitrogens with zero attached hydrogens (tertiary/aromatic N) is 2. The summed E-state index contributed by atoms with van der Waals surface area (Å²) in [5, 5.41) is 2.12. The van der Waals surface area contributed by atoms with E-state index in [4.69, 9.17) is 0 Å². The maximum absolute atomic E-state index is 11.3. The molecule has 0 unspecified atom stereocenters. The summed E-state index contributed by atoms with van der Waals surface area (Å²) in [6.45, 7) is 5.99. The van der Waals surface area contributed by atoms with Gasteiger partial charge in [0.1, 0.15) is 22.0 Å². The second-order valence-corrected chi connectivity index (χ2v) is 8.13. The monoisotopic (exact) mass is 370 g/mol. The zero-order valence-electron chi connectivity index (χ0n) is 14.8. The number of rotatable bonds is 7. The number of carbonyl (C=O) groups is 1. The molecule has 0 amide bonds. The van der Waals surface area contributed by atoms with Crippen LogP contribution in [0.2, 0.25) is 0 Å². The number of fused-ring (bicyclic) bond motifs is 1. The number of Topliss-reactive ketones (excluding diaryl/α,β-unsaturated/α-hetero) is 1. The minimum atomic E-state index is 0.216. The molecule has 0 atom stereocenters. The lowest BCUT2D eigenvalue weighted by atomic mass is 10.0. The van der Waals surface area contributed by atoms with Crippen molar-refractivity contribution in [3.63, 3.8) is 0 Å². The van der Waals surface area contributed by atoms with E-state index in [2.05, 4.69) is 48.1 Å². The Balaban J connectivity index is 2.09. The number of hydrogen-bond donors (Lipinski definition) is 0. The third-order valence-corrected chi connectivity index (χ3v) is 6.42. The van der Waals surface area contributed by atoms with Crippen molar-refractivity contribution in [1.82, 2.24) is 9.97 Å². The molecule has 0 radical (unpaired) electrons. The molecule has 0 saturated carbocycles. The number of aryl methyl sites for hydroxylation is 2. The van der Waals surface area contributed by atoms with E-state index >= 15 is 0 Å². The average molecular weight is 371 g/mol. The number of thioether (sulfide) groups is 1. The molecule has 0 N–H and O–H groups in total. The molecule has 3 nitrogen and oxygen atoms in total. The lowest BCUT2D eigenvalue weighted by Crippen LogP contribution is -1.93. The Morgan fingerprint density at radius 1 is 1.12 bits per heavy atom. The molecular weight excluding hydrogens is 348 g/mol. The molecule has 3 aromatic rings. The highest BCUT2D eigenvalue weighted by molar-refractivity contribution is 7.99. The third-order valence-electron chi connectivity index (χ3n) is 4.19. The fourth-order valence-electron chi connectivity index (χ4n) is 2.81. The Morgan fingerprint density at radius 2 is 1.88 bits per heavy atom. The Kier molecular flexibility index (Phi) is 5.86. The highest BCUT2D eigenvalue weighted by atomic mass is 32.2. The first-order valence-corrected chi connectivity index (χ1v) is 10.4.